The molecule has 0 saturated carbocycles. The maximum atomic E-state index is 5.60. The Kier molecular flexibility index (Phi) is 5.70. The molecule has 0 unspecified atom stereocenters. The highest BCUT2D eigenvalue weighted by atomic mass is 16.5. The normalized spacial score (nSPS) is 10.6. The van der Waals surface area contributed by atoms with Crippen molar-refractivity contribution in [1.29, 1.82) is 0 Å². The van der Waals surface area contributed by atoms with Gasteiger partial charge in [-0.1, -0.05) is 36.4 Å². The zero-order chi connectivity index (χ0) is 20.9. The van der Waals surface area contributed by atoms with Gasteiger partial charge in [0.2, 0.25) is 0 Å². The van der Waals surface area contributed by atoms with Crippen LogP contribution in [0.4, 0.5) is 0 Å². The maximum absolute atomic E-state index is 5.60. The molecular weight excluding hydrogens is 376 g/mol. The summed E-state index contributed by atoms with van der Waals surface area (Å²) in [5, 5.41) is 0. The van der Waals surface area contributed by atoms with Crippen molar-refractivity contribution >= 4 is 0 Å². The number of hydrogen-bond acceptors (Lipinski definition) is 4. The van der Waals surface area contributed by atoms with Gasteiger partial charge >= 0.3 is 0 Å². The second-order valence-electron chi connectivity index (χ2n) is 6.85. The third kappa shape index (κ3) is 3.87. The van der Waals surface area contributed by atoms with Crippen LogP contribution in [0.1, 0.15) is 5.56 Å². The molecule has 0 N–H and O–H groups in total. The van der Waals surface area contributed by atoms with Gasteiger partial charge in [0.1, 0.15) is 22.9 Å². The van der Waals surface area contributed by atoms with Crippen molar-refractivity contribution in [2.75, 3.05) is 21.3 Å². The molecule has 0 radical (unpaired) electrons. The van der Waals surface area contributed by atoms with Crippen molar-refractivity contribution in [3.05, 3.63) is 84.7 Å². The molecule has 152 valence electrons. The van der Waals surface area contributed by atoms with Crippen molar-refractivity contribution in [2.45, 2.75) is 6.54 Å². The molecule has 0 amide bonds. The van der Waals surface area contributed by atoms with Gasteiger partial charge in [0.15, 0.2) is 0 Å². The Hall–Kier alpha value is -3.73. The third-order valence-electron chi connectivity index (χ3n) is 5.03. The van der Waals surface area contributed by atoms with E-state index in [2.05, 4.69) is 16.7 Å². The first-order valence-corrected chi connectivity index (χ1v) is 9.69. The van der Waals surface area contributed by atoms with Gasteiger partial charge in [-0.25, -0.2) is 4.98 Å². The van der Waals surface area contributed by atoms with Gasteiger partial charge in [0.05, 0.1) is 33.4 Å². The molecule has 1 heterocycles. The van der Waals surface area contributed by atoms with Crippen molar-refractivity contribution < 1.29 is 14.2 Å². The van der Waals surface area contributed by atoms with Gasteiger partial charge in [-0.05, 0) is 42.0 Å². The molecule has 0 atom stereocenters. The number of methoxy groups -OCH3 is 3. The summed E-state index contributed by atoms with van der Waals surface area (Å²) in [6.07, 6.45) is 1.87. The summed E-state index contributed by atoms with van der Waals surface area (Å²) in [5.74, 6) is 2.42. The van der Waals surface area contributed by atoms with E-state index in [1.165, 1.54) is 0 Å². The second-order valence-corrected chi connectivity index (χ2v) is 6.85. The van der Waals surface area contributed by atoms with E-state index < -0.39 is 0 Å². The molecule has 0 aliphatic heterocycles. The molecule has 5 nitrogen and oxygen atoms in total. The lowest BCUT2D eigenvalue weighted by Gasteiger charge is -2.14. The number of rotatable bonds is 7. The topological polar surface area (TPSA) is 45.5 Å². The Labute approximate surface area is 176 Å². The van der Waals surface area contributed by atoms with Gasteiger partial charge in [0.25, 0.3) is 0 Å². The van der Waals surface area contributed by atoms with E-state index in [0.717, 1.165) is 45.3 Å². The first kappa shape index (κ1) is 19.6. The van der Waals surface area contributed by atoms with Crippen LogP contribution in [0.15, 0.2) is 79.1 Å². The Morgan fingerprint density at radius 2 is 1.50 bits per heavy atom. The van der Waals surface area contributed by atoms with Crippen molar-refractivity contribution in [2.24, 2.45) is 0 Å². The number of benzene rings is 3. The first-order valence-electron chi connectivity index (χ1n) is 9.69. The van der Waals surface area contributed by atoms with Crippen LogP contribution in [0, 0.1) is 0 Å². The molecule has 0 saturated heterocycles. The monoisotopic (exact) mass is 400 g/mol. The standard InChI is InChI=1S/C25H24N2O3/c1-28-20-10-6-8-18(14-20)16-27-17-26-24(22-12-4-5-13-23(22)30-3)25(27)19-9-7-11-21(15-19)29-2/h4-15,17H,16H2,1-3H3. The van der Waals surface area contributed by atoms with Gasteiger partial charge < -0.3 is 18.8 Å². The molecule has 1 aromatic heterocycles. The fourth-order valence-corrected chi connectivity index (χ4v) is 3.58. The van der Waals surface area contributed by atoms with Crippen LogP contribution < -0.4 is 14.2 Å². The predicted octanol–water partition coefficient (Wildman–Crippen LogP) is 5.29. The van der Waals surface area contributed by atoms with E-state index in [1.54, 1.807) is 21.3 Å². The molecule has 30 heavy (non-hydrogen) atoms. The van der Waals surface area contributed by atoms with Gasteiger partial charge in [-0.15, -0.1) is 0 Å². The zero-order valence-electron chi connectivity index (χ0n) is 17.3. The molecule has 0 spiro atoms. The number of ether oxygens (including phenoxy) is 3. The smallest absolute Gasteiger partial charge is 0.128 e. The van der Waals surface area contributed by atoms with Crippen molar-refractivity contribution in [1.82, 2.24) is 9.55 Å². The van der Waals surface area contributed by atoms with E-state index in [-0.39, 0.29) is 0 Å². The number of nitrogens with zero attached hydrogens (tertiary/aromatic N) is 2. The Balaban J connectivity index is 1.87. The summed E-state index contributed by atoms with van der Waals surface area (Å²) >= 11 is 0. The first-order chi connectivity index (χ1) is 14.7. The average Bonchev–Trinajstić information content (AvgIpc) is 3.22. The third-order valence-corrected chi connectivity index (χ3v) is 5.03. The number of para-hydroxylation sites is 1. The van der Waals surface area contributed by atoms with Crippen LogP contribution in [0.3, 0.4) is 0 Å². The fourth-order valence-electron chi connectivity index (χ4n) is 3.58. The van der Waals surface area contributed by atoms with Gasteiger partial charge in [-0.2, -0.15) is 0 Å². The van der Waals surface area contributed by atoms with Crippen LogP contribution in [0.25, 0.3) is 22.5 Å². The zero-order valence-corrected chi connectivity index (χ0v) is 17.3. The van der Waals surface area contributed by atoms with Gasteiger partial charge in [-0.3, -0.25) is 0 Å². The van der Waals surface area contributed by atoms with Crippen molar-refractivity contribution in [3.63, 3.8) is 0 Å². The van der Waals surface area contributed by atoms with Crippen LogP contribution in [-0.4, -0.2) is 30.9 Å². The summed E-state index contributed by atoms with van der Waals surface area (Å²) in [6, 6.07) is 24.0. The largest absolute Gasteiger partial charge is 0.497 e. The fraction of sp³-hybridized carbons (Fsp3) is 0.160. The van der Waals surface area contributed by atoms with Crippen LogP contribution in [0.5, 0.6) is 17.2 Å². The number of aromatic nitrogens is 2. The van der Waals surface area contributed by atoms with E-state index in [0.29, 0.717) is 6.54 Å². The minimum Gasteiger partial charge on any atom is -0.497 e. The molecule has 4 aromatic rings. The SMILES string of the molecule is COc1cccc(Cn2cnc(-c3ccccc3OC)c2-c2cccc(OC)c2)c1. The molecule has 0 aliphatic carbocycles. The minimum atomic E-state index is 0.659. The molecule has 0 aliphatic rings. The summed E-state index contributed by atoms with van der Waals surface area (Å²) in [5.41, 5.74) is 4.96. The number of hydrogen-bond donors (Lipinski definition) is 0. The molecule has 0 bridgehead atoms. The lowest BCUT2D eigenvalue weighted by Crippen LogP contribution is -2.02. The summed E-state index contributed by atoms with van der Waals surface area (Å²) in [6.45, 7) is 0.659. The lowest BCUT2D eigenvalue weighted by atomic mass is 10.0. The van der Waals surface area contributed by atoms with Crippen LogP contribution in [0.2, 0.25) is 0 Å². The Morgan fingerprint density at radius 3 is 2.27 bits per heavy atom. The van der Waals surface area contributed by atoms with E-state index in [1.807, 2.05) is 67.0 Å². The molecule has 0 fully saturated rings. The number of imidazole rings is 1. The Bertz CT molecular complexity index is 1150. The van der Waals surface area contributed by atoms with Gasteiger partial charge in [0, 0.05) is 17.7 Å². The quantitative estimate of drug-likeness (QED) is 0.423. The van der Waals surface area contributed by atoms with Crippen LogP contribution >= 0.6 is 0 Å². The molecule has 4 rings (SSSR count). The second kappa shape index (κ2) is 8.74. The highest BCUT2D eigenvalue weighted by molar-refractivity contribution is 5.82. The van der Waals surface area contributed by atoms with E-state index >= 15 is 0 Å². The van der Waals surface area contributed by atoms with Crippen molar-refractivity contribution in [3.8, 4) is 39.8 Å². The maximum Gasteiger partial charge on any atom is 0.128 e. The van der Waals surface area contributed by atoms with E-state index in [9.17, 15) is 0 Å². The minimum absolute atomic E-state index is 0.659. The molecule has 3 aromatic carbocycles. The predicted molar refractivity (Wildman–Crippen MR) is 118 cm³/mol. The average molecular weight is 400 g/mol. The highest BCUT2D eigenvalue weighted by Crippen LogP contribution is 2.37. The lowest BCUT2D eigenvalue weighted by molar-refractivity contribution is 0.414. The van der Waals surface area contributed by atoms with E-state index in [4.69, 9.17) is 19.2 Å². The molecular formula is C25H24N2O3. The Morgan fingerprint density at radius 1 is 0.767 bits per heavy atom. The summed E-state index contributed by atoms with van der Waals surface area (Å²) in [4.78, 5) is 4.78. The van der Waals surface area contributed by atoms with Crippen LogP contribution in [-0.2, 0) is 6.54 Å². The summed E-state index contributed by atoms with van der Waals surface area (Å²) in [7, 11) is 5.03. The summed E-state index contributed by atoms with van der Waals surface area (Å²) < 4.78 is 18.6. The molecule has 5 heteroatoms. The highest BCUT2D eigenvalue weighted by Gasteiger charge is 2.18.